The van der Waals surface area contributed by atoms with Gasteiger partial charge in [-0.1, -0.05) is 20.3 Å². The lowest BCUT2D eigenvalue weighted by Gasteiger charge is -2.16. The van der Waals surface area contributed by atoms with Gasteiger partial charge in [0, 0.05) is 13.1 Å². The molecule has 6 nitrogen and oxygen atoms in total. The first-order valence-electron chi connectivity index (χ1n) is 6.16. The zero-order valence-electron chi connectivity index (χ0n) is 11.1. The summed E-state index contributed by atoms with van der Waals surface area (Å²) in [5.74, 6) is -0.177. The van der Waals surface area contributed by atoms with Crippen LogP contribution in [0.2, 0.25) is 0 Å². The molecule has 0 aromatic rings. The lowest BCUT2D eigenvalue weighted by atomic mass is 10.1. The number of carbonyl (C=O) groups is 2. The van der Waals surface area contributed by atoms with E-state index in [4.69, 9.17) is 5.73 Å². The van der Waals surface area contributed by atoms with Crippen molar-refractivity contribution in [2.75, 3.05) is 19.6 Å². The van der Waals surface area contributed by atoms with Crippen molar-refractivity contribution in [1.29, 1.82) is 0 Å². The van der Waals surface area contributed by atoms with E-state index in [0.29, 0.717) is 13.0 Å². The minimum Gasteiger partial charge on any atom is -0.353 e. The van der Waals surface area contributed by atoms with Crippen LogP contribution >= 0.6 is 12.4 Å². The number of hydrogen-bond acceptors (Lipinski definition) is 3. The lowest BCUT2D eigenvalue weighted by molar-refractivity contribution is -0.123. The summed E-state index contributed by atoms with van der Waals surface area (Å²) in [6, 6.07) is -1.19. The summed E-state index contributed by atoms with van der Waals surface area (Å²) in [6.07, 6.45) is 2.47. The van der Waals surface area contributed by atoms with Gasteiger partial charge in [0.1, 0.15) is 6.04 Å². The topological polar surface area (TPSA) is 96.2 Å². The largest absolute Gasteiger partial charge is 0.353 e. The molecule has 0 bridgehead atoms. The average molecular weight is 281 g/mol. The molecule has 18 heavy (non-hydrogen) atoms. The third kappa shape index (κ3) is 10.2. The van der Waals surface area contributed by atoms with Crippen molar-refractivity contribution in [3.05, 3.63) is 0 Å². The van der Waals surface area contributed by atoms with Gasteiger partial charge in [0.2, 0.25) is 5.91 Å². The number of nitrogens with two attached hydrogens (primary N) is 1. The highest BCUT2D eigenvalue weighted by Gasteiger charge is 2.17. The molecule has 0 aromatic carbocycles. The maximum absolute atomic E-state index is 11.7. The Bertz CT molecular complexity index is 239. The monoisotopic (exact) mass is 280 g/mol. The van der Waals surface area contributed by atoms with Gasteiger partial charge in [-0.3, -0.25) is 4.79 Å². The fourth-order valence-electron chi connectivity index (χ4n) is 1.43. The highest BCUT2D eigenvalue weighted by atomic mass is 35.5. The average Bonchev–Trinajstić information content (AvgIpc) is 2.27. The van der Waals surface area contributed by atoms with Crippen LogP contribution in [0.15, 0.2) is 0 Å². The number of rotatable bonds is 9. The maximum Gasteiger partial charge on any atom is 0.312 e. The highest BCUT2D eigenvalue weighted by molar-refractivity contribution is 5.86. The summed E-state index contributed by atoms with van der Waals surface area (Å²) in [6.45, 7) is 6.26. The number of amides is 3. The van der Waals surface area contributed by atoms with Crippen LogP contribution in [-0.4, -0.2) is 37.6 Å². The van der Waals surface area contributed by atoms with E-state index < -0.39 is 12.1 Å². The standard InChI is InChI=1S/C11H24N4O2.ClH/c1-3-5-9(15-11(12)17)10(16)14-8-7-13-6-4-2;/h9,13H,3-8H2,1-2H3,(H,14,16)(H3,12,15,17);1H/t9-;/m1./s1. The molecule has 0 heterocycles. The zero-order valence-corrected chi connectivity index (χ0v) is 11.9. The molecule has 3 amide bonds. The highest BCUT2D eigenvalue weighted by Crippen LogP contribution is 1.96. The van der Waals surface area contributed by atoms with Crippen molar-refractivity contribution in [2.45, 2.75) is 39.2 Å². The Morgan fingerprint density at radius 2 is 1.78 bits per heavy atom. The summed E-state index contributed by atoms with van der Waals surface area (Å²) >= 11 is 0. The van der Waals surface area contributed by atoms with Gasteiger partial charge in [-0.25, -0.2) is 4.79 Å². The molecule has 0 saturated heterocycles. The van der Waals surface area contributed by atoms with Gasteiger partial charge in [0.15, 0.2) is 0 Å². The van der Waals surface area contributed by atoms with Gasteiger partial charge in [-0.2, -0.15) is 0 Å². The van der Waals surface area contributed by atoms with Crippen LogP contribution in [0.1, 0.15) is 33.1 Å². The summed E-state index contributed by atoms with van der Waals surface area (Å²) < 4.78 is 0. The van der Waals surface area contributed by atoms with Crippen LogP contribution in [0.25, 0.3) is 0 Å². The first-order chi connectivity index (χ1) is 8.11. The Kier molecular flexibility index (Phi) is 13.4. The molecule has 0 spiro atoms. The molecule has 0 fully saturated rings. The third-order valence-corrected chi connectivity index (χ3v) is 2.24. The Morgan fingerprint density at radius 1 is 1.11 bits per heavy atom. The Balaban J connectivity index is 0. The lowest BCUT2D eigenvalue weighted by Crippen LogP contribution is -2.49. The van der Waals surface area contributed by atoms with Gasteiger partial charge in [0.25, 0.3) is 0 Å². The molecule has 0 unspecified atom stereocenters. The number of carbonyl (C=O) groups excluding carboxylic acids is 2. The SMILES string of the molecule is CCCNCCNC(=O)[C@@H](CCC)NC(N)=O.Cl. The molecule has 0 radical (unpaired) electrons. The second-order valence-corrected chi connectivity index (χ2v) is 3.89. The van der Waals surface area contributed by atoms with Crippen molar-refractivity contribution in [1.82, 2.24) is 16.0 Å². The fraction of sp³-hybridized carbons (Fsp3) is 0.818. The molecular weight excluding hydrogens is 256 g/mol. The van der Waals surface area contributed by atoms with Gasteiger partial charge in [-0.05, 0) is 19.4 Å². The van der Waals surface area contributed by atoms with Gasteiger partial charge >= 0.3 is 6.03 Å². The smallest absolute Gasteiger partial charge is 0.312 e. The van der Waals surface area contributed by atoms with Crippen molar-refractivity contribution in [3.8, 4) is 0 Å². The number of nitrogens with one attached hydrogen (secondary N) is 3. The first-order valence-corrected chi connectivity index (χ1v) is 6.16. The van der Waals surface area contributed by atoms with E-state index in [2.05, 4.69) is 22.9 Å². The van der Waals surface area contributed by atoms with Crippen LogP contribution in [-0.2, 0) is 4.79 Å². The van der Waals surface area contributed by atoms with E-state index in [1.54, 1.807) is 0 Å². The summed E-state index contributed by atoms with van der Waals surface area (Å²) in [7, 11) is 0. The Morgan fingerprint density at radius 3 is 2.28 bits per heavy atom. The van der Waals surface area contributed by atoms with Crippen molar-refractivity contribution >= 4 is 24.3 Å². The number of halogens is 1. The molecule has 0 aliphatic carbocycles. The van der Waals surface area contributed by atoms with E-state index in [-0.39, 0.29) is 18.3 Å². The zero-order chi connectivity index (χ0) is 13.1. The molecule has 5 N–H and O–H groups in total. The number of hydrogen-bond donors (Lipinski definition) is 4. The van der Waals surface area contributed by atoms with E-state index >= 15 is 0 Å². The van der Waals surface area contributed by atoms with Gasteiger partial charge < -0.3 is 21.7 Å². The molecule has 0 aliphatic rings. The van der Waals surface area contributed by atoms with E-state index in [9.17, 15) is 9.59 Å². The minimum atomic E-state index is -0.664. The fourth-order valence-corrected chi connectivity index (χ4v) is 1.43. The van der Waals surface area contributed by atoms with E-state index in [0.717, 1.165) is 25.9 Å². The maximum atomic E-state index is 11.7. The van der Waals surface area contributed by atoms with Crippen molar-refractivity contribution in [2.24, 2.45) is 5.73 Å². The van der Waals surface area contributed by atoms with E-state index in [1.807, 2.05) is 6.92 Å². The molecular formula is C11H25ClN4O2. The second kappa shape index (κ2) is 12.4. The Hall–Kier alpha value is -1.01. The molecule has 0 aliphatic heterocycles. The second-order valence-electron chi connectivity index (χ2n) is 3.89. The molecule has 108 valence electrons. The molecule has 0 saturated carbocycles. The van der Waals surface area contributed by atoms with Crippen LogP contribution in [0.5, 0.6) is 0 Å². The predicted molar refractivity (Wildman–Crippen MR) is 74.8 cm³/mol. The van der Waals surface area contributed by atoms with Crippen LogP contribution in [0, 0.1) is 0 Å². The molecule has 1 atom stereocenters. The predicted octanol–water partition coefficient (Wildman–Crippen LogP) is 0.361. The van der Waals surface area contributed by atoms with Gasteiger partial charge in [0.05, 0.1) is 0 Å². The minimum absolute atomic E-state index is 0. The van der Waals surface area contributed by atoms with Crippen molar-refractivity contribution < 1.29 is 9.59 Å². The van der Waals surface area contributed by atoms with Crippen LogP contribution in [0.3, 0.4) is 0 Å². The molecule has 0 rings (SSSR count). The van der Waals surface area contributed by atoms with Crippen LogP contribution in [0.4, 0.5) is 4.79 Å². The van der Waals surface area contributed by atoms with Crippen molar-refractivity contribution in [3.63, 3.8) is 0 Å². The third-order valence-electron chi connectivity index (χ3n) is 2.24. The summed E-state index contributed by atoms with van der Waals surface area (Å²) in [5.41, 5.74) is 5.01. The summed E-state index contributed by atoms with van der Waals surface area (Å²) in [5, 5.41) is 8.37. The van der Waals surface area contributed by atoms with E-state index in [1.165, 1.54) is 0 Å². The first kappa shape index (κ1) is 19.3. The normalized spacial score (nSPS) is 11.2. The quantitative estimate of drug-likeness (QED) is 0.459. The summed E-state index contributed by atoms with van der Waals surface area (Å²) in [4.78, 5) is 22.4. The molecule has 7 heteroatoms. The number of primary amides is 1. The van der Waals surface area contributed by atoms with Crippen LogP contribution < -0.4 is 21.7 Å². The Labute approximate surface area is 115 Å². The number of urea groups is 1. The van der Waals surface area contributed by atoms with Gasteiger partial charge in [-0.15, -0.1) is 12.4 Å². The molecule has 0 aromatic heterocycles.